The molecule has 2 N–H and O–H groups in total. The van der Waals surface area contributed by atoms with Gasteiger partial charge in [-0.25, -0.2) is 8.42 Å². The fourth-order valence-corrected chi connectivity index (χ4v) is 3.63. The number of halogens is 4. The van der Waals surface area contributed by atoms with E-state index in [4.69, 9.17) is 0 Å². The smallest absolute Gasteiger partial charge is 0.357 e. The van der Waals surface area contributed by atoms with Gasteiger partial charge in [-0.1, -0.05) is 0 Å². The lowest BCUT2D eigenvalue weighted by molar-refractivity contribution is -0.0496. The lowest BCUT2D eigenvalue weighted by Gasteiger charge is -2.30. The van der Waals surface area contributed by atoms with Crippen molar-refractivity contribution in [1.29, 1.82) is 0 Å². The van der Waals surface area contributed by atoms with E-state index in [1.54, 1.807) is 0 Å². The molecule has 1 aliphatic rings. The molecular weight excluding hydrogens is 498 g/mol. The minimum Gasteiger partial charge on any atom is -0.357 e. The first-order valence-electron chi connectivity index (χ1n) is 8.81. The van der Waals surface area contributed by atoms with Crippen LogP contribution >= 0.6 is 24.0 Å². The maximum atomic E-state index is 12.6. The Balaban J connectivity index is 0.00000676. The second-order valence-electron chi connectivity index (χ2n) is 6.60. The summed E-state index contributed by atoms with van der Waals surface area (Å²) in [6.45, 7) is 4.62. The quantitative estimate of drug-likeness (QED) is 0.217. The summed E-state index contributed by atoms with van der Waals surface area (Å²) in [6, 6.07) is 0. The number of hydrogen-bond acceptors (Lipinski definition) is 4. The van der Waals surface area contributed by atoms with Crippen LogP contribution in [-0.4, -0.2) is 82.5 Å². The predicted molar refractivity (Wildman–Crippen MR) is 112 cm³/mol. The monoisotopic (exact) mass is 529 g/mol. The zero-order valence-corrected chi connectivity index (χ0v) is 19.2. The number of alkyl halides is 3. The topological polar surface area (TPSA) is 77.0 Å². The molecule has 0 spiro atoms. The third-order valence-corrected chi connectivity index (χ3v) is 5.76. The van der Waals surface area contributed by atoms with Crippen molar-refractivity contribution in [2.75, 3.05) is 53.4 Å². The van der Waals surface area contributed by atoms with Crippen LogP contribution in [0.4, 0.5) is 13.2 Å². The van der Waals surface area contributed by atoms with Crippen molar-refractivity contribution in [3.05, 3.63) is 0 Å². The molecule has 0 aromatic rings. The van der Waals surface area contributed by atoms with Gasteiger partial charge in [0.1, 0.15) is 0 Å². The normalized spacial score (nSPS) is 17.7. The molecule has 1 aliphatic heterocycles. The minimum atomic E-state index is -5.23. The highest BCUT2D eigenvalue weighted by molar-refractivity contribution is 14.0. The molecule has 0 saturated carbocycles. The summed E-state index contributed by atoms with van der Waals surface area (Å²) >= 11 is 0. The van der Waals surface area contributed by atoms with Crippen LogP contribution in [-0.2, 0) is 10.0 Å². The highest BCUT2D eigenvalue weighted by Gasteiger charge is 2.50. The maximum Gasteiger partial charge on any atom is 0.511 e. The number of sulfonamides is 1. The SMILES string of the molecule is CCNC(=NCC1CCN(S(=O)(=O)C(F)(F)F)CC1)NCCCN(C)C.I. The van der Waals surface area contributed by atoms with Crippen molar-refractivity contribution < 1.29 is 21.6 Å². The Hall–Kier alpha value is -0.340. The van der Waals surface area contributed by atoms with E-state index in [2.05, 4.69) is 20.5 Å². The number of aliphatic imine (C=N–C) groups is 1. The molecular formula is C15H31F3IN5O2S. The molecule has 0 aliphatic carbocycles. The van der Waals surface area contributed by atoms with Gasteiger partial charge in [0.2, 0.25) is 0 Å². The summed E-state index contributed by atoms with van der Waals surface area (Å²) in [5.74, 6) is 0.753. The Morgan fingerprint density at radius 1 is 1.22 bits per heavy atom. The van der Waals surface area contributed by atoms with Gasteiger partial charge in [0, 0.05) is 32.7 Å². The van der Waals surface area contributed by atoms with Gasteiger partial charge in [0.05, 0.1) is 0 Å². The first kappa shape index (κ1) is 26.7. The molecule has 0 amide bonds. The number of guanidine groups is 1. The van der Waals surface area contributed by atoms with Crippen molar-refractivity contribution in [2.45, 2.75) is 31.7 Å². The van der Waals surface area contributed by atoms with E-state index in [1.165, 1.54) is 0 Å². The summed E-state index contributed by atoms with van der Waals surface area (Å²) < 4.78 is 61.1. The average molecular weight is 529 g/mol. The second kappa shape index (κ2) is 12.3. The molecule has 1 fully saturated rings. The number of rotatable bonds is 8. The molecule has 0 aromatic carbocycles. The standard InChI is InChI=1S/C15H30F3N5O2S.HI/c1-4-19-14(20-8-5-9-22(2)3)21-12-13-6-10-23(11-7-13)26(24,25)15(16,17)18;/h13H,4-12H2,1-3H3,(H2,19,20,21);1H. The van der Waals surface area contributed by atoms with Gasteiger partial charge in [-0.15, -0.1) is 24.0 Å². The maximum absolute atomic E-state index is 12.6. The van der Waals surface area contributed by atoms with Gasteiger partial charge in [0.25, 0.3) is 0 Å². The molecule has 0 radical (unpaired) electrons. The summed E-state index contributed by atoms with van der Waals surface area (Å²) in [5, 5.41) is 6.36. The Bertz CT molecular complexity index is 550. The third kappa shape index (κ3) is 9.13. The molecule has 7 nitrogen and oxygen atoms in total. The van der Waals surface area contributed by atoms with Crippen LogP contribution in [0.5, 0.6) is 0 Å². The van der Waals surface area contributed by atoms with E-state index in [0.717, 1.165) is 19.5 Å². The molecule has 0 unspecified atom stereocenters. The largest absolute Gasteiger partial charge is 0.511 e. The van der Waals surface area contributed by atoms with E-state index < -0.39 is 15.5 Å². The molecule has 27 heavy (non-hydrogen) atoms. The van der Waals surface area contributed by atoms with Crippen molar-refractivity contribution in [1.82, 2.24) is 19.8 Å². The van der Waals surface area contributed by atoms with Crippen LogP contribution in [0.15, 0.2) is 4.99 Å². The van der Waals surface area contributed by atoms with Gasteiger partial charge >= 0.3 is 15.5 Å². The van der Waals surface area contributed by atoms with E-state index in [-0.39, 0.29) is 43.0 Å². The summed E-state index contributed by atoms with van der Waals surface area (Å²) in [7, 11) is -1.21. The Morgan fingerprint density at radius 2 is 1.81 bits per heavy atom. The lowest BCUT2D eigenvalue weighted by atomic mass is 9.98. The van der Waals surface area contributed by atoms with Gasteiger partial charge in [-0.05, 0) is 52.7 Å². The molecule has 1 saturated heterocycles. The molecule has 1 heterocycles. The van der Waals surface area contributed by atoms with Crippen LogP contribution in [0.25, 0.3) is 0 Å². The first-order chi connectivity index (χ1) is 12.1. The molecule has 0 bridgehead atoms. The van der Waals surface area contributed by atoms with Gasteiger partial charge in [0.15, 0.2) is 5.96 Å². The van der Waals surface area contributed by atoms with Crippen molar-refractivity contribution in [3.63, 3.8) is 0 Å². The fourth-order valence-electron chi connectivity index (χ4n) is 2.64. The van der Waals surface area contributed by atoms with E-state index in [0.29, 0.717) is 36.2 Å². The van der Waals surface area contributed by atoms with Gasteiger partial charge in [-0.3, -0.25) is 4.99 Å². The zero-order valence-electron chi connectivity index (χ0n) is 16.0. The first-order valence-corrected chi connectivity index (χ1v) is 10.2. The molecule has 1 rings (SSSR count). The van der Waals surface area contributed by atoms with E-state index in [9.17, 15) is 21.6 Å². The van der Waals surface area contributed by atoms with Gasteiger partial charge < -0.3 is 15.5 Å². The van der Waals surface area contributed by atoms with E-state index >= 15 is 0 Å². The number of hydrogen-bond donors (Lipinski definition) is 2. The zero-order chi connectivity index (χ0) is 19.8. The number of nitrogens with zero attached hydrogens (tertiary/aromatic N) is 3. The molecule has 12 heteroatoms. The summed E-state index contributed by atoms with van der Waals surface area (Å²) in [6.07, 6.45) is 1.71. The third-order valence-electron chi connectivity index (χ3n) is 4.13. The number of piperidine rings is 1. The van der Waals surface area contributed by atoms with Crippen LogP contribution in [0.2, 0.25) is 0 Å². The Labute approximate surface area is 177 Å². The summed E-state index contributed by atoms with van der Waals surface area (Å²) in [4.78, 5) is 6.57. The Kier molecular flexibility index (Phi) is 12.1. The lowest BCUT2D eigenvalue weighted by Crippen LogP contribution is -2.45. The average Bonchev–Trinajstić information content (AvgIpc) is 2.55. The van der Waals surface area contributed by atoms with E-state index in [1.807, 2.05) is 21.0 Å². The van der Waals surface area contributed by atoms with Crippen LogP contribution < -0.4 is 10.6 Å². The highest BCUT2D eigenvalue weighted by Crippen LogP contribution is 2.30. The highest BCUT2D eigenvalue weighted by atomic mass is 127. The second-order valence-corrected chi connectivity index (χ2v) is 8.53. The van der Waals surface area contributed by atoms with Crippen LogP contribution in [0.1, 0.15) is 26.2 Å². The van der Waals surface area contributed by atoms with Crippen molar-refractivity contribution in [2.24, 2.45) is 10.9 Å². The molecule has 0 atom stereocenters. The number of nitrogens with one attached hydrogen (secondary N) is 2. The molecule has 162 valence electrons. The van der Waals surface area contributed by atoms with Crippen molar-refractivity contribution >= 4 is 40.0 Å². The van der Waals surface area contributed by atoms with Crippen LogP contribution in [0.3, 0.4) is 0 Å². The fraction of sp³-hybridized carbons (Fsp3) is 0.933. The van der Waals surface area contributed by atoms with Gasteiger partial charge in [-0.2, -0.15) is 17.5 Å². The Morgan fingerprint density at radius 3 is 2.30 bits per heavy atom. The summed E-state index contributed by atoms with van der Waals surface area (Å²) in [5.41, 5.74) is -5.23. The van der Waals surface area contributed by atoms with Crippen LogP contribution in [0, 0.1) is 5.92 Å². The predicted octanol–water partition coefficient (Wildman–Crippen LogP) is 1.67. The minimum absolute atomic E-state index is 0. The van der Waals surface area contributed by atoms with Crippen molar-refractivity contribution in [3.8, 4) is 0 Å². The molecule has 0 aromatic heterocycles.